The Kier molecular flexibility index (Phi) is 8.15. The first kappa shape index (κ1) is 29.9. The van der Waals surface area contributed by atoms with Crippen molar-refractivity contribution in [2.24, 2.45) is 0 Å². The lowest BCUT2D eigenvalue weighted by Crippen LogP contribution is -2.00. The summed E-state index contributed by atoms with van der Waals surface area (Å²) in [6.45, 7) is 2.13. The van der Waals surface area contributed by atoms with Crippen LogP contribution < -0.4 is 0 Å². The molecular formula is C46H33N3. The molecule has 1 heterocycles. The van der Waals surface area contributed by atoms with Gasteiger partial charge in [0.2, 0.25) is 0 Å². The average Bonchev–Trinajstić information content (AvgIpc) is 3.19. The Hall–Kier alpha value is -6.45. The first-order chi connectivity index (χ1) is 24.2. The minimum absolute atomic E-state index is 0.632. The van der Waals surface area contributed by atoms with Crippen molar-refractivity contribution < 1.29 is 0 Å². The van der Waals surface area contributed by atoms with Gasteiger partial charge in [-0.05, 0) is 69.6 Å². The molecule has 0 N–H and O–H groups in total. The lowest BCUT2D eigenvalue weighted by atomic mass is 9.93. The number of rotatable bonds is 7. The molecule has 8 aromatic rings. The third-order valence-electron chi connectivity index (χ3n) is 8.79. The maximum Gasteiger partial charge on any atom is 0.164 e. The molecule has 0 saturated carbocycles. The highest BCUT2D eigenvalue weighted by Gasteiger charge is 2.15. The summed E-state index contributed by atoms with van der Waals surface area (Å²) in [5.74, 6) is 1.92. The molecule has 0 aliphatic carbocycles. The van der Waals surface area contributed by atoms with Crippen molar-refractivity contribution in [3.63, 3.8) is 0 Å². The van der Waals surface area contributed by atoms with Crippen molar-refractivity contribution in [3.05, 3.63) is 188 Å². The highest BCUT2D eigenvalue weighted by atomic mass is 15.0. The molecular weight excluding hydrogens is 595 g/mol. The number of aromatic nitrogens is 3. The van der Waals surface area contributed by atoms with Gasteiger partial charge in [-0.3, -0.25) is 0 Å². The third-order valence-corrected chi connectivity index (χ3v) is 8.79. The van der Waals surface area contributed by atoms with Gasteiger partial charge in [0.15, 0.2) is 17.5 Å². The van der Waals surface area contributed by atoms with Crippen LogP contribution in [-0.2, 0) is 0 Å². The summed E-state index contributed by atoms with van der Waals surface area (Å²) in [5.41, 5.74) is 13.3. The summed E-state index contributed by atoms with van der Waals surface area (Å²) < 4.78 is 0. The molecule has 3 heteroatoms. The molecule has 0 unspecified atom stereocenters. The molecule has 7 aromatic carbocycles. The van der Waals surface area contributed by atoms with Crippen molar-refractivity contribution in [3.8, 4) is 78.7 Å². The Morgan fingerprint density at radius 2 is 0.571 bits per heavy atom. The monoisotopic (exact) mass is 627 g/mol. The molecule has 0 radical (unpaired) electrons. The number of hydrogen-bond acceptors (Lipinski definition) is 3. The Morgan fingerprint density at radius 1 is 0.245 bits per heavy atom. The molecule has 0 aliphatic rings. The van der Waals surface area contributed by atoms with E-state index in [0.717, 1.165) is 38.9 Å². The molecule has 0 saturated heterocycles. The Labute approximate surface area is 287 Å². The zero-order valence-electron chi connectivity index (χ0n) is 27.2. The van der Waals surface area contributed by atoms with E-state index in [1.165, 1.54) is 27.8 Å². The Bertz CT molecular complexity index is 2290. The number of hydrogen-bond donors (Lipinski definition) is 0. The van der Waals surface area contributed by atoms with Gasteiger partial charge in [0.05, 0.1) is 0 Å². The van der Waals surface area contributed by atoms with Gasteiger partial charge < -0.3 is 0 Å². The first-order valence-corrected chi connectivity index (χ1v) is 16.5. The number of benzene rings is 7. The molecule has 0 aliphatic heterocycles. The predicted molar refractivity (Wildman–Crippen MR) is 203 cm³/mol. The van der Waals surface area contributed by atoms with Crippen LogP contribution in [0.15, 0.2) is 182 Å². The summed E-state index contributed by atoms with van der Waals surface area (Å²) in [6.07, 6.45) is 0. The molecule has 1 aromatic heterocycles. The van der Waals surface area contributed by atoms with Crippen molar-refractivity contribution in [2.45, 2.75) is 6.92 Å². The smallest absolute Gasteiger partial charge is 0.164 e. The second-order valence-corrected chi connectivity index (χ2v) is 12.2. The minimum atomic E-state index is 0.632. The van der Waals surface area contributed by atoms with Crippen LogP contribution in [0, 0.1) is 6.92 Å². The maximum absolute atomic E-state index is 5.06. The third kappa shape index (κ3) is 6.56. The molecule has 0 atom stereocenters. The number of aryl methyl sites for hydroxylation is 1. The van der Waals surface area contributed by atoms with Crippen molar-refractivity contribution >= 4 is 0 Å². The van der Waals surface area contributed by atoms with E-state index in [1.807, 2.05) is 66.7 Å². The molecule has 49 heavy (non-hydrogen) atoms. The normalized spacial score (nSPS) is 11.0. The first-order valence-electron chi connectivity index (χ1n) is 16.5. The van der Waals surface area contributed by atoms with Crippen LogP contribution in [0.5, 0.6) is 0 Å². The van der Waals surface area contributed by atoms with E-state index in [0.29, 0.717) is 17.5 Å². The van der Waals surface area contributed by atoms with E-state index in [1.54, 1.807) is 0 Å². The van der Waals surface area contributed by atoms with Crippen LogP contribution in [-0.4, -0.2) is 15.0 Å². The van der Waals surface area contributed by atoms with Crippen molar-refractivity contribution in [2.75, 3.05) is 0 Å². The standard InChI is InChI=1S/C46H33N3/c1-32-12-11-19-40(28-32)35-22-26-37(27-23-35)42-29-41(36-24-20-34(21-25-36)33-13-5-2-6-14-33)30-43(31-42)46-48-44(38-15-7-3-8-16-38)47-45(49-46)39-17-9-4-10-18-39/h2-31H,1H3. The Morgan fingerprint density at radius 3 is 1.02 bits per heavy atom. The fourth-order valence-corrected chi connectivity index (χ4v) is 6.19. The van der Waals surface area contributed by atoms with Gasteiger partial charge in [-0.25, -0.2) is 15.0 Å². The summed E-state index contributed by atoms with van der Waals surface area (Å²) in [4.78, 5) is 15.0. The van der Waals surface area contributed by atoms with Crippen LogP contribution >= 0.6 is 0 Å². The lowest BCUT2D eigenvalue weighted by Gasteiger charge is -2.13. The largest absolute Gasteiger partial charge is 0.208 e. The molecule has 0 fully saturated rings. The summed E-state index contributed by atoms with van der Waals surface area (Å²) in [5, 5.41) is 0. The topological polar surface area (TPSA) is 38.7 Å². The van der Waals surface area contributed by atoms with E-state index in [4.69, 9.17) is 15.0 Å². The van der Waals surface area contributed by atoms with Gasteiger partial charge in [0.1, 0.15) is 0 Å². The van der Waals surface area contributed by atoms with Gasteiger partial charge in [0.25, 0.3) is 0 Å². The zero-order valence-corrected chi connectivity index (χ0v) is 27.2. The Balaban J connectivity index is 1.27. The summed E-state index contributed by atoms with van der Waals surface area (Å²) in [6, 6.07) is 63.6. The van der Waals surface area contributed by atoms with Gasteiger partial charge in [0, 0.05) is 16.7 Å². The fraction of sp³-hybridized carbons (Fsp3) is 0.0217. The van der Waals surface area contributed by atoms with Gasteiger partial charge in [-0.1, -0.05) is 169 Å². The average molecular weight is 628 g/mol. The second-order valence-electron chi connectivity index (χ2n) is 12.2. The molecule has 0 amide bonds. The molecule has 232 valence electrons. The minimum Gasteiger partial charge on any atom is -0.208 e. The van der Waals surface area contributed by atoms with Gasteiger partial charge >= 0.3 is 0 Å². The SMILES string of the molecule is Cc1cccc(-c2ccc(-c3cc(-c4ccc(-c5ccccc5)cc4)cc(-c4nc(-c5ccccc5)nc(-c5ccccc5)n4)c3)cc2)c1. The van der Waals surface area contributed by atoms with Crippen LogP contribution in [0.4, 0.5) is 0 Å². The molecule has 0 bridgehead atoms. The van der Waals surface area contributed by atoms with E-state index >= 15 is 0 Å². The van der Waals surface area contributed by atoms with Crippen LogP contribution in [0.2, 0.25) is 0 Å². The highest BCUT2D eigenvalue weighted by Crippen LogP contribution is 2.35. The van der Waals surface area contributed by atoms with E-state index in [9.17, 15) is 0 Å². The van der Waals surface area contributed by atoms with Gasteiger partial charge in [-0.15, -0.1) is 0 Å². The van der Waals surface area contributed by atoms with E-state index in [2.05, 4.69) is 122 Å². The lowest BCUT2D eigenvalue weighted by molar-refractivity contribution is 1.07. The summed E-state index contributed by atoms with van der Waals surface area (Å²) >= 11 is 0. The quantitative estimate of drug-likeness (QED) is 0.176. The molecule has 3 nitrogen and oxygen atoms in total. The van der Waals surface area contributed by atoms with E-state index in [-0.39, 0.29) is 0 Å². The van der Waals surface area contributed by atoms with Crippen molar-refractivity contribution in [1.82, 2.24) is 15.0 Å². The van der Waals surface area contributed by atoms with Gasteiger partial charge in [-0.2, -0.15) is 0 Å². The number of nitrogens with zero attached hydrogens (tertiary/aromatic N) is 3. The van der Waals surface area contributed by atoms with Crippen LogP contribution in [0.25, 0.3) is 78.7 Å². The second kappa shape index (κ2) is 13.3. The maximum atomic E-state index is 5.06. The van der Waals surface area contributed by atoms with Crippen LogP contribution in [0.1, 0.15) is 5.56 Å². The van der Waals surface area contributed by atoms with E-state index < -0.39 is 0 Å². The molecule has 8 rings (SSSR count). The molecule has 0 spiro atoms. The fourth-order valence-electron chi connectivity index (χ4n) is 6.19. The highest BCUT2D eigenvalue weighted by molar-refractivity contribution is 5.82. The summed E-state index contributed by atoms with van der Waals surface area (Å²) in [7, 11) is 0. The zero-order chi connectivity index (χ0) is 33.0. The van der Waals surface area contributed by atoms with Crippen molar-refractivity contribution in [1.29, 1.82) is 0 Å². The van der Waals surface area contributed by atoms with Crippen LogP contribution in [0.3, 0.4) is 0 Å². The predicted octanol–water partition coefficient (Wildman–Crippen LogP) is 11.8.